The Balaban J connectivity index is 1.45. The molecule has 2 N–H and O–H groups in total. The molecule has 0 saturated carbocycles. The van der Waals surface area contributed by atoms with Gasteiger partial charge >= 0.3 is 0 Å². The van der Waals surface area contributed by atoms with Crippen LogP contribution in [0.2, 0.25) is 0 Å². The zero-order chi connectivity index (χ0) is 21.2. The topological polar surface area (TPSA) is 55.4 Å². The van der Waals surface area contributed by atoms with Crippen molar-refractivity contribution >= 4 is 11.6 Å². The molecule has 3 rings (SSSR count). The molecule has 2 fully saturated rings. The first kappa shape index (κ1) is 22.7. The average Bonchev–Trinajstić information content (AvgIpc) is 3.12. The molecule has 168 valence electrons. The fourth-order valence-electron chi connectivity index (χ4n) is 4.31. The maximum Gasteiger partial charge on any atom is 0.191 e. The Bertz CT molecular complexity index is 667. The molecule has 0 amide bonds. The number of hydrogen-bond acceptors (Lipinski definition) is 5. The van der Waals surface area contributed by atoms with Crippen LogP contribution < -0.4 is 20.3 Å². The third-order valence-electron chi connectivity index (χ3n) is 6.01. The minimum Gasteiger partial charge on any atom is -0.495 e. The van der Waals surface area contributed by atoms with Crippen LogP contribution in [0.25, 0.3) is 0 Å². The van der Waals surface area contributed by atoms with Gasteiger partial charge in [-0.1, -0.05) is 12.1 Å². The molecule has 1 atom stereocenters. The fraction of sp³-hybridized carbons (Fsp3) is 0.696. The van der Waals surface area contributed by atoms with Crippen molar-refractivity contribution in [2.24, 2.45) is 4.99 Å². The smallest absolute Gasteiger partial charge is 0.191 e. The van der Waals surface area contributed by atoms with Gasteiger partial charge in [-0.05, 0) is 65.0 Å². The van der Waals surface area contributed by atoms with Crippen molar-refractivity contribution in [3.8, 4) is 5.75 Å². The van der Waals surface area contributed by atoms with E-state index >= 15 is 0 Å². The summed E-state index contributed by atoms with van der Waals surface area (Å²) in [6.45, 7) is 11.8. The van der Waals surface area contributed by atoms with E-state index in [0.29, 0.717) is 6.04 Å². The molecule has 0 aromatic heterocycles. The number of benzene rings is 1. The van der Waals surface area contributed by atoms with E-state index in [9.17, 15) is 0 Å². The van der Waals surface area contributed by atoms with Crippen LogP contribution in [0, 0.1) is 0 Å². The van der Waals surface area contributed by atoms with Crippen molar-refractivity contribution in [2.45, 2.75) is 32.2 Å². The second kappa shape index (κ2) is 12.0. The van der Waals surface area contributed by atoms with Crippen LogP contribution in [0.5, 0.6) is 5.75 Å². The first-order valence-electron chi connectivity index (χ1n) is 11.5. The number of hydrogen-bond donors (Lipinski definition) is 2. The second-order valence-electron chi connectivity index (χ2n) is 8.36. The van der Waals surface area contributed by atoms with Gasteiger partial charge in [0.25, 0.3) is 0 Å². The molecule has 2 saturated heterocycles. The zero-order valence-corrected chi connectivity index (χ0v) is 19.1. The highest BCUT2D eigenvalue weighted by atomic mass is 16.5. The van der Waals surface area contributed by atoms with Crippen LogP contribution in [0.4, 0.5) is 5.69 Å². The van der Waals surface area contributed by atoms with E-state index in [1.807, 2.05) is 12.1 Å². The van der Waals surface area contributed by atoms with Gasteiger partial charge in [0.05, 0.1) is 12.8 Å². The SMILES string of the molecule is CCNC(=NCCCN1CCCN(C)CC1)NC1CCN(c2ccccc2OC)C1. The van der Waals surface area contributed by atoms with Gasteiger partial charge in [0, 0.05) is 45.3 Å². The molecule has 0 radical (unpaired) electrons. The third kappa shape index (κ3) is 6.77. The molecule has 2 aliphatic heterocycles. The summed E-state index contributed by atoms with van der Waals surface area (Å²) < 4.78 is 5.54. The Morgan fingerprint density at radius 1 is 1.17 bits per heavy atom. The van der Waals surface area contributed by atoms with E-state index in [4.69, 9.17) is 9.73 Å². The average molecular weight is 417 g/mol. The molecule has 0 spiro atoms. The van der Waals surface area contributed by atoms with Crippen molar-refractivity contribution in [3.05, 3.63) is 24.3 Å². The summed E-state index contributed by atoms with van der Waals surface area (Å²) in [7, 11) is 3.96. The van der Waals surface area contributed by atoms with E-state index in [1.165, 1.54) is 38.3 Å². The second-order valence-corrected chi connectivity index (χ2v) is 8.36. The number of nitrogens with one attached hydrogen (secondary N) is 2. The zero-order valence-electron chi connectivity index (χ0n) is 19.1. The summed E-state index contributed by atoms with van der Waals surface area (Å²) >= 11 is 0. The number of guanidine groups is 1. The van der Waals surface area contributed by atoms with E-state index in [-0.39, 0.29) is 0 Å². The highest BCUT2D eigenvalue weighted by Crippen LogP contribution is 2.30. The summed E-state index contributed by atoms with van der Waals surface area (Å²) in [5, 5.41) is 7.06. The Labute approximate surface area is 182 Å². The number of ether oxygens (including phenoxy) is 1. The number of nitrogens with zero attached hydrogens (tertiary/aromatic N) is 4. The molecule has 30 heavy (non-hydrogen) atoms. The van der Waals surface area contributed by atoms with Crippen LogP contribution >= 0.6 is 0 Å². The minimum absolute atomic E-state index is 0.397. The highest BCUT2D eigenvalue weighted by Gasteiger charge is 2.25. The van der Waals surface area contributed by atoms with E-state index in [2.05, 4.69) is 51.4 Å². The summed E-state index contributed by atoms with van der Waals surface area (Å²) in [6.07, 6.45) is 3.48. The van der Waals surface area contributed by atoms with Crippen molar-refractivity contribution < 1.29 is 4.74 Å². The Morgan fingerprint density at radius 3 is 2.87 bits per heavy atom. The predicted octanol–water partition coefficient (Wildman–Crippen LogP) is 1.86. The van der Waals surface area contributed by atoms with E-state index in [0.717, 1.165) is 57.3 Å². The lowest BCUT2D eigenvalue weighted by Gasteiger charge is -2.22. The Morgan fingerprint density at radius 2 is 2.03 bits per heavy atom. The van der Waals surface area contributed by atoms with E-state index < -0.39 is 0 Å². The molecular weight excluding hydrogens is 376 g/mol. The molecule has 7 nitrogen and oxygen atoms in total. The number of aliphatic imine (C=N–C) groups is 1. The molecule has 0 aliphatic carbocycles. The lowest BCUT2D eigenvalue weighted by molar-refractivity contribution is 0.275. The third-order valence-corrected chi connectivity index (χ3v) is 6.01. The van der Waals surface area contributed by atoms with Crippen LogP contribution in [-0.2, 0) is 0 Å². The lowest BCUT2D eigenvalue weighted by Crippen LogP contribution is -2.44. The number of likely N-dealkylation sites (N-methyl/N-ethyl adjacent to an activating group) is 1. The van der Waals surface area contributed by atoms with Gasteiger partial charge in [-0.3, -0.25) is 4.99 Å². The maximum absolute atomic E-state index is 5.54. The molecular formula is C23H40N6O. The summed E-state index contributed by atoms with van der Waals surface area (Å²) in [5.41, 5.74) is 1.18. The quantitative estimate of drug-likeness (QED) is 0.383. The molecule has 1 aromatic carbocycles. The first-order valence-corrected chi connectivity index (χ1v) is 11.5. The molecule has 1 unspecified atom stereocenters. The molecule has 7 heteroatoms. The minimum atomic E-state index is 0.397. The van der Waals surface area contributed by atoms with Crippen molar-refractivity contribution in [1.29, 1.82) is 0 Å². The number of methoxy groups -OCH3 is 1. The molecule has 2 aliphatic rings. The molecule has 0 bridgehead atoms. The molecule has 1 aromatic rings. The summed E-state index contributed by atoms with van der Waals surface area (Å²) in [5.74, 6) is 1.89. The first-order chi connectivity index (χ1) is 14.7. The van der Waals surface area contributed by atoms with Crippen molar-refractivity contribution in [1.82, 2.24) is 20.4 Å². The van der Waals surface area contributed by atoms with Gasteiger partial charge < -0.3 is 30.1 Å². The van der Waals surface area contributed by atoms with Crippen LogP contribution in [0.1, 0.15) is 26.2 Å². The Hall–Kier alpha value is -1.99. The largest absolute Gasteiger partial charge is 0.495 e. The maximum atomic E-state index is 5.54. The van der Waals surface area contributed by atoms with Crippen LogP contribution in [0.15, 0.2) is 29.3 Å². The number of anilines is 1. The highest BCUT2D eigenvalue weighted by molar-refractivity contribution is 5.80. The standard InChI is InChI=1S/C23H40N6O/c1-4-24-23(25-12-7-14-28-15-8-13-27(2)17-18-28)26-20-11-16-29(19-20)21-9-5-6-10-22(21)30-3/h5-6,9-10,20H,4,7-8,11-19H2,1-3H3,(H2,24,25,26). The van der Waals surface area contributed by atoms with Gasteiger partial charge in [-0.15, -0.1) is 0 Å². The summed E-state index contributed by atoms with van der Waals surface area (Å²) in [6, 6.07) is 8.67. The van der Waals surface area contributed by atoms with Crippen molar-refractivity contribution in [2.75, 3.05) is 78.0 Å². The van der Waals surface area contributed by atoms with Gasteiger partial charge in [-0.2, -0.15) is 0 Å². The normalized spacial score (nSPS) is 21.5. The fourth-order valence-corrected chi connectivity index (χ4v) is 4.31. The van der Waals surface area contributed by atoms with Crippen molar-refractivity contribution in [3.63, 3.8) is 0 Å². The summed E-state index contributed by atoms with van der Waals surface area (Å²) in [4.78, 5) is 12.3. The monoisotopic (exact) mass is 416 g/mol. The lowest BCUT2D eigenvalue weighted by atomic mass is 10.2. The van der Waals surface area contributed by atoms with Gasteiger partial charge in [-0.25, -0.2) is 0 Å². The van der Waals surface area contributed by atoms with Crippen LogP contribution in [0.3, 0.4) is 0 Å². The van der Waals surface area contributed by atoms with E-state index in [1.54, 1.807) is 7.11 Å². The number of para-hydroxylation sites is 2. The predicted molar refractivity (Wildman–Crippen MR) is 126 cm³/mol. The number of rotatable bonds is 8. The molecule has 2 heterocycles. The van der Waals surface area contributed by atoms with Gasteiger partial charge in [0.15, 0.2) is 5.96 Å². The van der Waals surface area contributed by atoms with Gasteiger partial charge in [0.2, 0.25) is 0 Å². The van der Waals surface area contributed by atoms with Gasteiger partial charge in [0.1, 0.15) is 5.75 Å². The Kier molecular flexibility index (Phi) is 9.08. The van der Waals surface area contributed by atoms with Crippen LogP contribution in [-0.4, -0.2) is 94.9 Å².